The van der Waals surface area contributed by atoms with Gasteiger partial charge in [0, 0.05) is 8.95 Å². The van der Waals surface area contributed by atoms with Crippen molar-refractivity contribution in [1.29, 1.82) is 0 Å². The van der Waals surface area contributed by atoms with E-state index in [-0.39, 0.29) is 33.7 Å². The Kier molecular flexibility index (Phi) is 10.6. The van der Waals surface area contributed by atoms with Crippen LogP contribution in [0.2, 0.25) is 0 Å². The van der Waals surface area contributed by atoms with Gasteiger partial charge in [-0.2, -0.15) is 8.42 Å². The maximum absolute atomic E-state index is 13.3. The van der Waals surface area contributed by atoms with Gasteiger partial charge in [0.1, 0.15) is 11.5 Å². The monoisotopic (exact) mass is 628 g/mol. The van der Waals surface area contributed by atoms with Crippen molar-refractivity contribution >= 4 is 77.5 Å². The van der Waals surface area contributed by atoms with Crippen molar-refractivity contribution in [3.05, 3.63) is 61.0 Å². The Hall–Kier alpha value is -1.70. The maximum Gasteiger partial charge on any atom is 0.345 e. The zero-order chi connectivity index (χ0) is 26.5. The molecule has 0 saturated heterocycles. The summed E-state index contributed by atoms with van der Waals surface area (Å²) in [6, 6.07) is 5.95. The second-order valence-corrected chi connectivity index (χ2v) is 10.3. The maximum atomic E-state index is 13.3. The summed E-state index contributed by atoms with van der Waals surface area (Å²) in [4.78, 5) is 26.0. The van der Waals surface area contributed by atoms with Crippen LogP contribution in [0.4, 0.5) is 8.78 Å². The van der Waals surface area contributed by atoms with Crippen LogP contribution >= 0.6 is 31.9 Å². The average molecular weight is 630 g/mol. The average Bonchev–Trinajstić information content (AvgIpc) is 2.78. The number of alkyl halides is 2. The summed E-state index contributed by atoms with van der Waals surface area (Å²) in [5.41, 5.74) is 0.576. The number of carbonyl (C=O) groups is 2. The molecule has 0 heterocycles. The van der Waals surface area contributed by atoms with Crippen molar-refractivity contribution < 1.29 is 40.8 Å². The molecular weight excluding hydrogens is 615 g/mol. The third kappa shape index (κ3) is 7.64. The molecule has 2 aromatic carbocycles. The zero-order valence-electron chi connectivity index (χ0n) is 17.8. The molecule has 1 N–H and O–H groups in total. The number of esters is 2. The van der Waals surface area contributed by atoms with Crippen LogP contribution in [0.25, 0.3) is 0 Å². The lowest BCUT2D eigenvalue weighted by Crippen LogP contribution is -2.33. The molecule has 7 nitrogen and oxygen atoms in total. The molecule has 0 spiro atoms. The highest BCUT2D eigenvalue weighted by Gasteiger charge is 2.33. The molecule has 1 atom stereocenters. The molecular formula is C20H15B3Br2F2O7S. The summed E-state index contributed by atoms with van der Waals surface area (Å²) in [6.07, 6.45) is -5.84. The van der Waals surface area contributed by atoms with E-state index in [2.05, 4.69) is 36.6 Å². The zero-order valence-corrected chi connectivity index (χ0v) is 21.8. The first-order valence-electron chi connectivity index (χ1n) is 9.72. The normalized spacial score (nSPS) is 12.4. The Morgan fingerprint density at radius 3 is 1.83 bits per heavy atom. The molecule has 1 unspecified atom stereocenters. The van der Waals surface area contributed by atoms with E-state index in [0.29, 0.717) is 16.7 Å². The molecule has 2 rings (SSSR count). The predicted molar refractivity (Wildman–Crippen MR) is 133 cm³/mol. The van der Waals surface area contributed by atoms with Gasteiger partial charge in [-0.1, -0.05) is 36.7 Å². The number of benzene rings is 2. The van der Waals surface area contributed by atoms with E-state index >= 15 is 0 Å². The largest absolute Gasteiger partial charge is 0.451 e. The van der Waals surface area contributed by atoms with Crippen LogP contribution in [-0.2, 0) is 33.8 Å². The molecule has 35 heavy (non-hydrogen) atoms. The van der Waals surface area contributed by atoms with Gasteiger partial charge in [0.15, 0.2) is 6.10 Å². The number of carbonyl (C=O) groups excluding carboxylic acids is 2. The second-order valence-electron chi connectivity index (χ2n) is 7.05. The number of halogens is 4. The highest BCUT2D eigenvalue weighted by molar-refractivity contribution is 9.11. The Bertz CT molecular complexity index is 1200. The topological polar surface area (TPSA) is 107 Å². The lowest BCUT2D eigenvalue weighted by atomic mass is 9.85. The van der Waals surface area contributed by atoms with Crippen molar-refractivity contribution in [3.8, 4) is 5.75 Å². The molecule has 0 aliphatic rings. The van der Waals surface area contributed by atoms with Crippen LogP contribution < -0.4 is 4.74 Å². The van der Waals surface area contributed by atoms with E-state index in [1.807, 2.05) is 0 Å². The standard InChI is InChI=1S/C20H15B3Br2F2O7S/c21-5-9-3-10(6-22)17(11(4-9)7-23)34-20(29)16-13(25)2-1-12(24)15(16)19(28)33-14(18(26)27)8-35(30,31)32/h1-4,14,18H,5-8H2,(H,30,31,32). The number of ether oxygens (including phenoxy) is 2. The summed E-state index contributed by atoms with van der Waals surface area (Å²) in [5.74, 6) is -4.05. The first kappa shape index (κ1) is 29.5. The van der Waals surface area contributed by atoms with Crippen LogP contribution in [0, 0.1) is 0 Å². The molecule has 6 radical (unpaired) electrons. The fraction of sp³-hybridized carbons (Fsp3) is 0.300. The Labute approximate surface area is 221 Å². The van der Waals surface area contributed by atoms with Crippen LogP contribution in [0.15, 0.2) is 33.2 Å². The van der Waals surface area contributed by atoms with Crippen LogP contribution in [0.3, 0.4) is 0 Å². The van der Waals surface area contributed by atoms with E-state index in [1.54, 1.807) is 12.1 Å². The minimum absolute atomic E-state index is 0.0332. The van der Waals surface area contributed by atoms with E-state index in [1.165, 1.54) is 12.1 Å². The van der Waals surface area contributed by atoms with E-state index in [9.17, 15) is 26.8 Å². The van der Waals surface area contributed by atoms with Crippen LogP contribution in [0.1, 0.15) is 37.4 Å². The van der Waals surface area contributed by atoms with Gasteiger partial charge >= 0.3 is 11.9 Å². The van der Waals surface area contributed by atoms with E-state index in [4.69, 9.17) is 32.8 Å². The quantitative estimate of drug-likeness (QED) is 0.186. The van der Waals surface area contributed by atoms with Crippen molar-refractivity contribution in [1.82, 2.24) is 0 Å². The summed E-state index contributed by atoms with van der Waals surface area (Å²) in [7, 11) is 12.3. The highest BCUT2D eigenvalue weighted by atomic mass is 79.9. The van der Waals surface area contributed by atoms with Crippen LogP contribution in [0.5, 0.6) is 5.75 Å². The molecule has 0 aromatic heterocycles. The lowest BCUT2D eigenvalue weighted by Gasteiger charge is -2.19. The molecule has 180 valence electrons. The molecule has 0 aliphatic heterocycles. The van der Waals surface area contributed by atoms with E-state index < -0.39 is 51.5 Å². The number of hydrogen-bond acceptors (Lipinski definition) is 6. The Morgan fingerprint density at radius 2 is 1.43 bits per heavy atom. The summed E-state index contributed by atoms with van der Waals surface area (Å²) >= 11 is 6.18. The molecule has 0 aliphatic carbocycles. The Balaban J connectivity index is 2.53. The van der Waals surface area contributed by atoms with Crippen molar-refractivity contribution in [2.45, 2.75) is 31.5 Å². The van der Waals surface area contributed by atoms with Gasteiger partial charge < -0.3 is 9.47 Å². The van der Waals surface area contributed by atoms with Crippen molar-refractivity contribution in [2.75, 3.05) is 5.75 Å². The molecule has 0 saturated carbocycles. The minimum atomic E-state index is -4.91. The van der Waals surface area contributed by atoms with Gasteiger partial charge in [-0.25, -0.2) is 18.4 Å². The van der Waals surface area contributed by atoms with Crippen LogP contribution in [-0.4, -0.2) is 66.7 Å². The Morgan fingerprint density at radius 1 is 0.943 bits per heavy atom. The summed E-state index contributed by atoms with van der Waals surface area (Å²) in [6.45, 7) is 0. The van der Waals surface area contributed by atoms with Gasteiger partial charge in [0.25, 0.3) is 16.5 Å². The molecule has 15 heteroatoms. The lowest BCUT2D eigenvalue weighted by molar-refractivity contribution is -0.0242. The van der Waals surface area contributed by atoms with E-state index in [0.717, 1.165) is 0 Å². The third-order valence-electron chi connectivity index (χ3n) is 4.60. The van der Waals surface area contributed by atoms with Gasteiger partial charge in [0.2, 0.25) is 0 Å². The first-order valence-corrected chi connectivity index (χ1v) is 12.9. The van der Waals surface area contributed by atoms with Crippen molar-refractivity contribution in [2.24, 2.45) is 0 Å². The second kappa shape index (κ2) is 12.5. The summed E-state index contributed by atoms with van der Waals surface area (Å²) in [5, 5.41) is 0. The minimum Gasteiger partial charge on any atom is -0.451 e. The molecule has 2 aromatic rings. The summed E-state index contributed by atoms with van der Waals surface area (Å²) < 4.78 is 67.7. The fourth-order valence-electron chi connectivity index (χ4n) is 3.04. The number of hydrogen-bond donors (Lipinski definition) is 1. The fourth-order valence-corrected chi connectivity index (χ4v) is 4.65. The SMILES string of the molecule is [B]Cc1cc(C[B])c(OC(=O)c2c(Br)ccc(Br)c2C(=O)OC(CS(=O)(=O)O)C(F)F)c(C[B])c1. The third-order valence-corrected chi connectivity index (χ3v) is 6.67. The molecule has 0 fully saturated rings. The van der Waals surface area contributed by atoms with Gasteiger partial charge in [-0.15, -0.1) is 0 Å². The van der Waals surface area contributed by atoms with Gasteiger partial charge in [-0.05, 0) is 55.1 Å². The molecule has 0 amide bonds. The van der Waals surface area contributed by atoms with Gasteiger partial charge in [-0.3, -0.25) is 4.55 Å². The smallest absolute Gasteiger partial charge is 0.345 e. The predicted octanol–water partition coefficient (Wildman–Crippen LogP) is 3.11. The van der Waals surface area contributed by atoms with Gasteiger partial charge in [0.05, 0.1) is 34.7 Å². The molecule has 0 bridgehead atoms. The first-order chi connectivity index (χ1) is 16.3. The van der Waals surface area contributed by atoms with Crippen molar-refractivity contribution in [3.63, 3.8) is 0 Å². The number of rotatable bonds is 10. The highest BCUT2D eigenvalue weighted by Crippen LogP contribution is 2.33.